The van der Waals surface area contributed by atoms with E-state index in [1.165, 1.54) is 31.2 Å². The number of benzene rings is 1. The summed E-state index contributed by atoms with van der Waals surface area (Å²) in [7, 11) is 0. The quantitative estimate of drug-likeness (QED) is 0.788. The molecule has 2 saturated carbocycles. The van der Waals surface area contributed by atoms with Gasteiger partial charge in [-0.25, -0.2) is 0 Å². The van der Waals surface area contributed by atoms with E-state index in [0.717, 1.165) is 30.0 Å². The molecule has 0 aliphatic heterocycles. The minimum atomic E-state index is 0.139. The maximum Gasteiger partial charge on any atom is 0.0681 e. The van der Waals surface area contributed by atoms with Gasteiger partial charge in [0.05, 0.1) is 6.61 Å². The van der Waals surface area contributed by atoms with Gasteiger partial charge in [-0.1, -0.05) is 24.3 Å². The van der Waals surface area contributed by atoms with Crippen molar-refractivity contribution in [2.75, 3.05) is 0 Å². The molecule has 2 fully saturated rings. The van der Waals surface area contributed by atoms with Crippen molar-refractivity contribution in [3.63, 3.8) is 0 Å². The molecular formula is C15H21NO. The first-order valence-corrected chi connectivity index (χ1v) is 6.79. The van der Waals surface area contributed by atoms with Gasteiger partial charge in [0, 0.05) is 12.6 Å². The van der Waals surface area contributed by atoms with Crippen molar-refractivity contribution >= 4 is 0 Å². The zero-order valence-corrected chi connectivity index (χ0v) is 10.2. The minimum Gasteiger partial charge on any atom is -0.392 e. The van der Waals surface area contributed by atoms with Crippen molar-refractivity contribution in [1.82, 2.24) is 5.32 Å². The predicted octanol–water partition coefficient (Wildman–Crippen LogP) is 2.46. The fourth-order valence-electron chi connectivity index (χ4n) is 2.63. The van der Waals surface area contributed by atoms with Crippen LogP contribution in [0.5, 0.6) is 0 Å². The lowest BCUT2D eigenvalue weighted by Gasteiger charge is -2.17. The van der Waals surface area contributed by atoms with Gasteiger partial charge in [-0.05, 0) is 48.6 Å². The maximum atomic E-state index is 8.99. The van der Waals surface area contributed by atoms with E-state index in [9.17, 15) is 0 Å². The molecule has 2 heteroatoms. The van der Waals surface area contributed by atoms with E-state index in [1.54, 1.807) is 0 Å². The second-order valence-electron chi connectivity index (χ2n) is 5.56. The molecule has 2 nitrogen and oxygen atoms in total. The summed E-state index contributed by atoms with van der Waals surface area (Å²) in [4.78, 5) is 0. The monoisotopic (exact) mass is 231 g/mol. The topological polar surface area (TPSA) is 32.3 Å². The number of aliphatic hydroxyl groups is 1. The fourth-order valence-corrected chi connectivity index (χ4v) is 2.63. The van der Waals surface area contributed by atoms with Crippen LogP contribution in [0.1, 0.15) is 36.8 Å². The molecule has 0 saturated heterocycles. The van der Waals surface area contributed by atoms with Crippen LogP contribution in [0.25, 0.3) is 0 Å². The molecule has 0 atom stereocenters. The van der Waals surface area contributed by atoms with Crippen LogP contribution in [0.4, 0.5) is 0 Å². The molecule has 0 aromatic heterocycles. The van der Waals surface area contributed by atoms with Crippen molar-refractivity contribution in [3.8, 4) is 0 Å². The normalized spacial score (nSPS) is 19.9. The van der Waals surface area contributed by atoms with Gasteiger partial charge < -0.3 is 10.4 Å². The Labute approximate surface area is 103 Å². The van der Waals surface area contributed by atoms with Gasteiger partial charge in [-0.2, -0.15) is 0 Å². The Kier molecular flexibility index (Phi) is 3.17. The molecule has 0 bridgehead atoms. The van der Waals surface area contributed by atoms with Crippen LogP contribution in [0, 0.1) is 11.8 Å². The third kappa shape index (κ3) is 2.88. The van der Waals surface area contributed by atoms with E-state index in [4.69, 9.17) is 5.11 Å². The predicted molar refractivity (Wildman–Crippen MR) is 68.4 cm³/mol. The Morgan fingerprint density at radius 1 is 1.00 bits per heavy atom. The van der Waals surface area contributed by atoms with Crippen LogP contribution in [0.3, 0.4) is 0 Å². The summed E-state index contributed by atoms with van der Waals surface area (Å²) in [6.07, 6.45) is 5.71. The van der Waals surface area contributed by atoms with E-state index >= 15 is 0 Å². The average molecular weight is 231 g/mol. The standard InChI is InChI=1S/C15H21NO/c17-10-12-3-1-11(2-4-12)9-16-15(13-5-6-13)14-7-8-14/h1-4,13-17H,5-10H2. The summed E-state index contributed by atoms with van der Waals surface area (Å²) in [5.74, 6) is 1.92. The Morgan fingerprint density at radius 3 is 2.00 bits per heavy atom. The average Bonchev–Trinajstić information content (AvgIpc) is 3.24. The lowest BCUT2D eigenvalue weighted by molar-refractivity contribution is 0.282. The highest BCUT2D eigenvalue weighted by molar-refractivity contribution is 5.22. The van der Waals surface area contributed by atoms with E-state index in [0.29, 0.717) is 0 Å². The Bertz CT molecular complexity index is 353. The number of hydrogen-bond donors (Lipinski definition) is 2. The second kappa shape index (κ2) is 4.79. The summed E-state index contributed by atoms with van der Waals surface area (Å²) in [5.41, 5.74) is 2.32. The van der Waals surface area contributed by atoms with Crippen molar-refractivity contribution in [2.24, 2.45) is 11.8 Å². The molecule has 0 heterocycles. The Balaban J connectivity index is 1.54. The zero-order chi connectivity index (χ0) is 11.7. The van der Waals surface area contributed by atoms with E-state index in [-0.39, 0.29) is 6.61 Å². The van der Waals surface area contributed by atoms with Gasteiger partial charge in [-0.15, -0.1) is 0 Å². The lowest BCUT2D eigenvalue weighted by Crippen LogP contribution is -2.32. The summed E-state index contributed by atoms with van der Waals surface area (Å²) in [6.45, 7) is 1.11. The molecule has 0 radical (unpaired) electrons. The molecule has 3 rings (SSSR count). The Hall–Kier alpha value is -0.860. The minimum absolute atomic E-state index is 0.139. The summed E-state index contributed by atoms with van der Waals surface area (Å²) >= 11 is 0. The van der Waals surface area contributed by atoms with E-state index in [2.05, 4.69) is 17.4 Å². The number of aliphatic hydroxyl groups excluding tert-OH is 1. The first kappa shape index (κ1) is 11.2. The van der Waals surface area contributed by atoms with Crippen molar-refractivity contribution in [3.05, 3.63) is 35.4 Å². The van der Waals surface area contributed by atoms with Crippen LogP contribution in [-0.2, 0) is 13.2 Å². The summed E-state index contributed by atoms with van der Waals surface area (Å²) < 4.78 is 0. The second-order valence-corrected chi connectivity index (χ2v) is 5.56. The van der Waals surface area contributed by atoms with Gasteiger partial charge in [0.25, 0.3) is 0 Å². The largest absolute Gasteiger partial charge is 0.392 e. The zero-order valence-electron chi connectivity index (χ0n) is 10.2. The first-order chi connectivity index (χ1) is 8.36. The highest BCUT2D eigenvalue weighted by Crippen LogP contribution is 2.44. The number of hydrogen-bond acceptors (Lipinski definition) is 2. The van der Waals surface area contributed by atoms with Crippen LogP contribution < -0.4 is 5.32 Å². The SMILES string of the molecule is OCc1ccc(CNC(C2CC2)C2CC2)cc1. The molecule has 1 aromatic carbocycles. The van der Waals surface area contributed by atoms with Gasteiger partial charge in [0.1, 0.15) is 0 Å². The van der Waals surface area contributed by atoms with Gasteiger partial charge >= 0.3 is 0 Å². The molecule has 2 N–H and O–H groups in total. The van der Waals surface area contributed by atoms with Gasteiger partial charge in [0.15, 0.2) is 0 Å². The highest BCUT2D eigenvalue weighted by Gasteiger charge is 2.40. The number of nitrogens with one attached hydrogen (secondary N) is 1. The van der Waals surface area contributed by atoms with Crippen LogP contribution in [0.15, 0.2) is 24.3 Å². The van der Waals surface area contributed by atoms with E-state index < -0.39 is 0 Å². The van der Waals surface area contributed by atoms with Crippen LogP contribution >= 0.6 is 0 Å². The lowest BCUT2D eigenvalue weighted by atomic mass is 10.1. The van der Waals surface area contributed by atoms with Crippen molar-refractivity contribution in [1.29, 1.82) is 0 Å². The molecule has 17 heavy (non-hydrogen) atoms. The third-order valence-electron chi connectivity index (χ3n) is 4.01. The maximum absolute atomic E-state index is 8.99. The first-order valence-electron chi connectivity index (χ1n) is 6.79. The van der Waals surface area contributed by atoms with Crippen molar-refractivity contribution < 1.29 is 5.11 Å². The molecule has 2 aliphatic carbocycles. The highest BCUT2D eigenvalue weighted by atomic mass is 16.3. The Morgan fingerprint density at radius 2 is 1.53 bits per heavy atom. The molecule has 0 spiro atoms. The van der Waals surface area contributed by atoms with Crippen molar-refractivity contribution in [2.45, 2.75) is 44.9 Å². The fraction of sp³-hybridized carbons (Fsp3) is 0.600. The van der Waals surface area contributed by atoms with E-state index in [1.807, 2.05) is 12.1 Å². The molecular weight excluding hydrogens is 210 g/mol. The summed E-state index contributed by atoms with van der Waals surface area (Å²) in [5, 5.41) is 12.7. The third-order valence-corrected chi connectivity index (χ3v) is 4.01. The molecule has 92 valence electrons. The molecule has 2 aliphatic rings. The van der Waals surface area contributed by atoms with Crippen LogP contribution in [0.2, 0.25) is 0 Å². The van der Waals surface area contributed by atoms with Crippen LogP contribution in [-0.4, -0.2) is 11.1 Å². The van der Waals surface area contributed by atoms with Gasteiger partial charge in [-0.3, -0.25) is 0 Å². The molecule has 0 amide bonds. The molecule has 1 aromatic rings. The molecule has 0 unspecified atom stereocenters. The number of rotatable bonds is 6. The summed E-state index contributed by atoms with van der Waals surface area (Å²) in [6, 6.07) is 9.04. The van der Waals surface area contributed by atoms with Gasteiger partial charge in [0.2, 0.25) is 0 Å². The smallest absolute Gasteiger partial charge is 0.0681 e.